The molecule has 0 aliphatic carbocycles. The zero-order chi connectivity index (χ0) is 15.0. The Morgan fingerprint density at radius 3 is 2.76 bits per heavy atom. The Morgan fingerprint density at radius 1 is 1.24 bits per heavy atom. The number of hydrogen-bond acceptors (Lipinski definition) is 2. The summed E-state index contributed by atoms with van der Waals surface area (Å²) in [5.41, 5.74) is 3.67. The number of nitrogens with one attached hydrogen (secondary N) is 1. The lowest BCUT2D eigenvalue weighted by molar-refractivity contribution is 0.698. The number of fused-ring (bicyclic) bond motifs is 1. The minimum absolute atomic E-state index is 0.144. The minimum atomic E-state index is 0.144. The Labute approximate surface area is 142 Å². The number of thiophene rings is 1. The van der Waals surface area contributed by atoms with Gasteiger partial charge in [0.25, 0.3) is 0 Å². The summed E-state index contributed by atoms with van der Waals surface area (Å²) in [7, 11) is 1.99. The van der Waals surface area contributed by atoms with Crippen molar-refractivity contribution < 1.29 is 0 Å². The monoisotopic (exact) mass is 379 g/mol. The summed E-state index contributed by atoms with van der Waals surface area (Å²) in [5, 5.41) is 7.72. The molecular formula is C17H15BrClNS. The summed E-state index contributed by atoms with van der Waals surface area (Å²) < 4.78 is 2.43. The summed E-state index contributed by atoms with van der Waals surface area (Å²) in [5.74, 6) is 0. The molecule has 4 heteroatoms. The van der Waals surface area contributed by atoms with Crippen LogP contribution in [0.4, 0.5) is 0 Å². The molecule has 1 nitrogen and oxygen atoms in total. The van der Waals surface area contributed by atoms with Gasteiger partial charge in [-0.15, -0.1) is 11.3 Å². The van der Waals surface area contributed by atoms with Gasteiger partial charge in [-0.25, -0.2) is 0 Å². The van der Waals surface area contributed by atoms with Crippen LogP contribution >= 0.6 is 38.9 Å². The molecule has 1 atom stereocenters. The largest absolute Gasteiger partial charge is 0.309 e. The average molecular weight is 381 g/mol. The quantitative estimate of drug-likeness (QED) is 0.593. The molecule has 0 aliphatic heterocycles. The van der Waals surface area contributed by atoms with Crippen LogP contribution < -0.4 is 5.32 Å². The van der Waals surface area contributed by atoms with Gasteiger partial charge >= 0.3 is 0 Å². The number of halogens is 2. The molecule has 0 radical (unpaired) electrons. The lowest BCUT2D eigenvalue weighted by Crippen LogP contribution is -2.17. The summed E-state index contributed by atoms with van der Waals surface area (Å²) in [6.07, 6.45) is 0. The molecule has 0 saturated heterocycles. The van der Waals surface area contributed by atoms with Gasteiger partial charge in [0, 0.05) is 14.2 Å². The van der Waals surface area contributed by atoms with Crippen LogP contribution in [0.25, 0.3) is 10.1 Å². The maximum absolute atomic E-state index is 6.22. The summed E-state index contributed by atoms with van der Waals surface area (Å²) in [6.45, 7) is 2.07. The first-order chi connectivity index (χ1) is 10.1. The molecule has 0 amide bonds. The van der Waals surface area contributed by atoms with E-state index in [1.807, 2.05) is 19.2 Å². The van der Waals surface area contributed by atoms with Gasteiger partial charge in [-0.2, -0.15) is 0 Å². The van der Waals surface area contributed by atoms with E-state index in [0.717, 1.165) is 9.50 Å². The Bertz CT molecular complexity index is 776. The maximum Gasteiger partial charge on any atom is 0.0589 e. The summed E-state index contributed by atoms with van der Waals surface area (Å²) in [6, 6.07) is 12.7. The Kier molecular flexibility index (Phi) is 4.36. The smallest absolute Gasteiger partial charge is 0.0589 e. The van der Waals surface area contributed by atoms with Crippen molar-refractivity contribution in [2.24, 2.45) is 0 Å². The standard InChI is InChI=1S/C17H15BrClNS/c1-10-6-11(8-12(19)7-10)16(20-2)14-9-21-17-13(14)4-3-5-15(17)18/h3-9,16,20H,1-2H3. The lowest BCUT2D eigenvalue weighted by atomic mass is 9.97. The zero-order valence-corrected chi connectivity index (χ0v) is 14.9. The second kappa shape index (κ2) is 6.09. The minimum Gasteiger partial charge on any atom is -0.309 e. The van der Waals surface area contributed by atoms with Crippen molar-refractivity contribution in [3.8, 4) is 0 Å². The summed E-state index contributed by atoms with van der Waals surface area (Å²) in [4.78, 5) is 0. The van der Waals surface area contributed by atoms with Crippen molar-refractivity contribution in [2.45, 2.75) is 13.0 Å². The highest BCUT2D eigenvalue weighted by Crippen LogP contribution is 2.37. The molecule has 1 N–H and O–H groups in total. The van der Waals surface area contributed by atoms with Gasteiger partial charge in [-0.3, -0.25) is 0 Å². The molecule has 0 saturated carbocycles. The van der Waals surface area contributed by atoms with Crippen molar-refractivity contribution in [2.75, 3.05) is 7.05 Å². The Balaban J connectivity index is 2.16. The fraction of sp³-hybridized carbons (Fsp3) is 0.176. The number of aryl methyl sites for hydroxylation is 1. The second-order valence-corrected chi connectivity index (χ2v) is 7.26. The van der Waals surface area contributed by atoms with Crippen LogP contribution in [0.2, 0.25) is 5.02 Å². The molecule has 0 fully saturated rings. The van der Waals surface area contributed by atoms with E-state index < -0.39 is 0 Å². The predicted molar refractivity (Wildman–Crippen MR) is 96.6 cm³/mol. The van der Waals surface area contributed by atoms with Crippen molar-refractivity contribution >= 4 is 49.0 Å². The second-order valence-electron chi connectivity index (χ2n) is 5.09. The predicted octanol–water partition coefficient (Wildman–Crippen LogP) is 5.93. The van der Waals surface area contributed by atoms with E-state index >= 15 is 0 Å². The van der Waals surface area contributed by atoms with Crippen LogP contribution in [0.5, 0.6) is 0 Å². The Morgan fingerprint density at radius 2 is 2.05 bits per heavy atom. The van der Waals surface area contributed by atoms with E-state index in [9.17, 15) is 0 Å². The van der Waals surface area contributed by atoms with Gasteiger partial charge < -0.3 is 5.32 Å². The van der Waals surface area contributed by atoms with Gasteiger partial charge in [0.05, 0.1) is 6.04 Å². The molecule has 1 aromatic heterocycles. The van der Waals surface area contributed by atoms with Crippen molar-refractivity contribution in [1.82, 2.24) is 5.32 Å². The third-order valence-corrected chi connectivity index (χ3v) is 5.77. The Hall–Kier alpha value is -0.870. The van der Waals surface area contributed by atoms with Crippen LogP contribution in [0.15, 0.2) is 46.3 Å². The van der Waals surface area contributed by atoms with Crippen LogP contribution in [0.3, 0.4) is 0 Å². The first-order valence-electron chi connectivity index (χ1n) is 6.70. The van der Waals surface area contributed by atoms with E-state index in [0.29, 0.717) is 0 Å². The fourth-order valence-corrected chi connectivity index (χ4v) is 4.64. The van der Waals surface area contributed by atoms with Gasteiger partial charge in [0.2, 0.25) is 0 Å². The highest BCUT2D eigenvalue weighted by molar-refractivity contribution is 9.10. The number of rotatable bonds is 3. The van der Waals surface area contributed by atoms with Crippen LogP contribution in [-0.4, -0.2) is 7.05 Å². The van der Waals surface area contributed by atoms with Gasteiger partial charge in [-0.1, -0.05) is 29.8 Å². The molecule has 0 bridgehead atoms. The van der Waals surface area contributed by atoms with Gasteiger partial charge in [0.15, 0.2) is 0 Å². The SMILES string of the molecule is CNC(c1cc(C)cc(Cl)c1)c1csc2c(Br)cccc12. The molecule has 1 heterocycles. The van der Waals surface area contributed by atoms with Crippen molar-refractivity contribution in [3.05, 3.63) is 68.0 Å². The molecule has 3 rings (SSSR count). The van der Waals surface area contributed by atoms with E-state index in [1.54, 1.807) is 11.3 Å². The highest BCUT2D eigenvalue weighted by Gasteiger charge is 2.17. The van der Waals surface area contributed by atoms with E-state index in [1.165, 1.54) is 26.8 Å². The fourth-order valence-electron chi connectivity index (χ4n) is 2.70. The topological polar surface area (TPSA) is 12.0 Å². The maximum atomic E-state index is 6.22. The third kappa shape index (κ3) is 2.88. The van der Waals surface area contributed by atoms with Crippen LogP contribution in [-0.2, 0) is 0 Å². The average Bonchev–Trinajstić information content (AvgIpc) is 2.84. The van der Waals surface area contributed by atoms with Gasteiger partial charge in [-0.05, 0) is 75.6 Å². The van der Waals surface area contributed by atoms with Crippen LogP contribution in [0.1, 0.15) is 22.7 Å². The molecule has 0 aliphatic rings. The first kappa shape index (κ1) is 15.0. The normalized spacial score (nSPS) is 12.8. The molecule has 21 heavy (non-hydrogen) atoms. The van der Waals surface area contributed by atoms with E-state index in [2.05, 4.69) is 57.8 Å². The molecule has 2 aromatic carbocycles. The third-order valence-electron chi connectivity index (χ3n) is 3.58. The van der Waals surface area contributed by atoms with E-state index in [-0.39, 0.29) is 6.04 Å². The molecule has 0 spiro atoms. The molecule has 3 aromatic rings. The van der Waals surface area contributed by atoms with Crippen LogP contribution in [0, 0.1) is 6.92 Å². The molecule has 1 unspecified atom stereocenters. The van der Waals surface area contributed by atoms with Crippen molar-refractivity contribution in [1.29, 1.82) is 0 Å². The highest BCUT2D eigenvalue weighted by atomic mass is 79.9. The van der Waals surface area contributed by atoms with E-state index in [4.69, 9.17) is 11.6 Å². The van der Waals surface area contributed by atoms with Gasteiger partial charge in [0.1, 0.15) is 0 Å². The number of benzene rings is 2. The lowest BCUT2D eigenvalue weighted by Gasteiger charge is -2.17. The molecule has 108 valence electrons. The van der Waals surface area contributed by atoms with Crippen molar-refractivity contribution in [3.63, 3.8) is 0 Å². The molecular weight excluding hydrogens is 366 g/mol. The number of hydrogen-bond donors (Lipinski definition) is 1. The zero-order valence-electron chi connectivity index (χ0n) is 11.8. The summed E-state index contributed by atoms with van der Waals surface area (Å²) >= 11 is 11.6. The first-order valence-corrected chi connectivity index (χ1v) is 8.75.